The van der Waals surface area contributed by atoms with E-state index in [0.29, 0.717) is 0 Å². The van der Waals surface area contributed by atoms with Gasteiger partial charge in [-0.3, -0.25) is 0 Å². The molecule has 0 nitrogen and oxygen atoms in total. The van der Waals surface area contributed by atoms with Crippen LogP contribution >= 0.6 is 0 Å². The SMILES string of the molecule is C1=C=c2ccc3cc4c5ccccc5c5ccccc5c5ccccc5c4c4ccc(c2c34)C=1. The monoisotopic (exact) mass is 426 g/mol. The molecule has 0 fully saturated rings. The molecule has 0 bridgehead atoms. The van der Waals surface area contributed by atoms with E-state index >= 15 is 0 Å². The lowest BCUT2D eigenvalue weighted by molar-refractivity contribution is 1.69. The summed E-state index contributed by atoms with van der Waals surface area (Å²) in [5.74, 6) is 0. The van der Waals surface area contributed by atoms with Crippen LogP contribution in [-0.2, 0) is 0 Å². The molecule has 0 amide bonds. The highest BCUT2D eigenvalue weighted by Crippen LogP contribution is 2.41. The average molecular weight is 427 g/mol. The van der Waals surface area contributed by atoms with Gasteiger partial charge in [0.15, 0.2) is 0 Å². The van der Waals surface area contributed by atoms with E-state index in [0.717, 1.165) is 5.22 Å². The van der Waals surface area contributed by atoms with E-state index in [4.69, 9.17) is 0 Å². The summed E-state index contributed by atoms with van der Waals surface area (Å²) in [6.45, 7) is 0. The van der Waals surface area contributed by atoms with Gasteiger partial charge in [0, 0.05) is 10.6 Å². The molecule has 154 valence electrons. The van der Waals surface area contributed by atoms with Crippen LogP contribution in [-0.4, -0.2) is 0 Å². The first-order valence-electron chi connectivity index (χ1n) is 11.7. The molecular formula is C34H18. The Labute approximate surface area is 196 Å². The van der Waals surface area contributed by atoms with Crippen LogP contribution in [0.5, 0.6) is 0 Å². The summed E-state index contributed by atoms with van der Waals surface area (Å²) in [6, 6.07) is 37.9. The first kappa shape index (κ1) is 17.9. The molecule has 0 heteroatoms. The molecule has 34 heavy (non-hydrogen) atoms. The highest BCUT2D eigenvalue weighted by molar-refractivity contribution is 6.34. The third kappa shape index (κ3) is 2.24. The van der Waals surface area contributed by atoms with Gasteiger partial charge >= 0.3 is 0 Å². The lowest BCUT2D eigenvalue weighted by Crippen LogP contribution is -2.03. The second kappa shape index (κ2) is 6.47. The van der Waals surface area contributed by atoms with E-state index in [1.165, 1.54) is 70.2 Å². The Morgan fingerprint density at radius 3 is 1.68 bits per heavy atom. The molecule has 0 N–H and O–H groups in total. The van der Waals surface area contributed by atoms with Gasteiger partial charge in [-0.05, 0) is 83.0 Å². The second-order valence-corrected chi connectivity index (χ2v) is 9.14. The molecule has 0 spiro atoms. The van der Waals surface area contributed by atoms with Crippen LogP contribution in [0.4, 0.5) is 0 Å². The fourth-order valence-corrected chi connectivity index (χ4v) is 6.01. The fraction of sp³-hybridized carbons (Fsp3) is 0. The van der Waals surface area contributed by atoms with Crippen molar-refractivity contribution in [2.45, 2.75) is 0 Å². The summed E-state index contributed by atoms with van der Waals surface area (Å²) in [6.07, 6.45) is 2.05. The fourth-order valence-electron chi connectivity index (χ4n) is 6.01. The molecule has 0 atom stereocenters. The van der Waals surface area contributed by atoms with E-state index in [-0.39, 0.29) is 0 Å². The maximum absolute atomic E-state index is 3.34. The van der Waals surface area contributed by atoms with Crippen molar-refractivity contribution in [3.63, 3.8) is 0 Å². The predicted octanol–water partition coefficient (Wildman–Crippen LogP) is 8.45. The highest BCUT2D eigenvalue weighted by atomic mass is 14.2. The van der Waals surface area contributed by atoms with Crippen molar-refractivity contribution >= 4 is 76.4 Å². The van der Waals surface area contributed by atoms with Crippen molar-refractivity contribution in [1.29, 1.82) is 0 Å². The molecule has 7 aromatic rings. The molecule has 0 aromatic heterocycles. The van der Waals surface area contributed by atoms with Crippen molar-refractivity contribution in [1.82, 2.24) is 0 Å². The van der Waals surface area contributed by atoms with Gasteiger partial charge in [-0.25, -0.2) is 0 Å². The number of hydrogen-bond acceptors (Lipinski definition) is 0. The van der Waals surface area contributed by atoms with Gasteiger partial charge in [0.25, 0.3) is 0 Å². The quantitative estimate of drug-likeness (QED) is 0.213. The van der Waals surface area contributed by atoms with Crippen molar-refractivity contribution in [3.05, 3.63) is 120 Å². The van der Waals surface area contributed by atoms with Gasteiger partial charge in [-0.2, -0.15) is 0 Å². The standard InChI is InChI=1S/C34H18/c1-2-11-25-24(10-1)26-12-3-4-14-28(26)31-20-23-17-16-21-8-7-9-22-18-19-30(33(23)32(21)22)34(31)29-15-6-5-13-27(25)29/h1-6,9-20H. The van der Waals surface area contributed by atoms with Gasteiger partial charge in [-0.15, -0.1) is 0 Å². The van der Waals surface area contributed by atoms with E-state index in [9.17, 15) is 0 Å². The van der Waals surface area contributed by atoms with E-state index in [1.807, 2.05) is 0 Å². The largest absolute Gasteiger partial charge is 0.0689 e. The van der Waals surface area contributed by atoms with Crippen molar-refractivity contribution in [3.8, 4) is 0 Å². The summed E-state index contributed by atoms with van der Waals surface area (Å²) in [5, 5.41) is 16.6. The Balaban J connectivity index is 1.84. The molecule has 8 rings (SSSR count). The van der Waals surface area contributed by atoms with Gasteiger partial charge < -0.3 is 0 Å². The predicted molar refractivity (Wildman–Crippen MR) is 147 cm³/mol. The van der Waals surface area contributed by atoms with Crippen LogP contribution in [0.3, 0.4) is 0 Å². The minimum Gasteiger partial charge on any atom is -0.0689 e. The molecule has 0 saturated carbocycles. The number of fused-ring (bicyclic) bond motifs is 9. The Kier molecular flexibility index (Phi) is 3.41. The van der Waals surface area contributed by atoms with E-state index < -0.39 is 0 Å². The molecular weight excluding hydrogens is 408 g/mol. The van der Waals surface area contributed by atoms with Gasteiger partial charge in [0.05, 0.1) is 0 Å². The zero-order valence-corrected chi connectivity index (χ0v) is 18.4. The molecule has 0 heterocycles. The maximum atomic E-state index is 3.34. The zero-order chi connectivity index (χ0) is 22.2. The topological polar surface area (TPSA) is 0 Å². The zero-order valence-electron chi connectivity index (χ0n) is 18.4. The third-order valence-electron chi connectivity index (χ3n) is 7.42. The molecule has 1 aliphatic carbocycles. The Hall–Kier alpha value is -4.60. The first-order chi connectivity index (χ1) is 16.9. The van der Waals surface area contributed by atoms with Crippen LogP contribution in [0, 0.1) is 0 Å². The van der Waals surface area contributed by atoms with Gasteiger partial charge in [-0.1, -0.05) is 102 Å². The lowest BCUT2D eigenvalue weighted by Gasteiger charge is -2.15. The molecule has 7 aromatic carbocycles. The van der Waals surface area contributed by atoms with Crippen molar-refractivity contribution in [2.75, 3.05) is 0 Å². The number of hydrogen-bond donors (Lipinski definition) is 0. The first-order valence-corrected chi connectivity index (χ1v) is 11.7. The maximum Gasteiger partial charge on any atom is 0.0334 e. The lowest BCUT2D eigenvalue weighted by atomic mass is 9.87. The van der Waals surface area contributed by atoms with Crippen LogP contribution in [0.15, 0.2) is 109 Å². The van der Waals surface area contributed by atoms with Crippen molar-refractivity contribution in [2.24, 2.45) is 0 Å². The second-order valence-electron chi connectivity index (χ2n) is 9.14. The summed E-state index contributed by atoms with van der Waals surface area (Å²) in [5.41, 5.74) is 7.75. The molecule has 0 unspecified atom stereocenters. The van der Waals surface area contributed by atoms with Crippen LogP contribution in [0.2, 0.25) is 0 Å². The van der Waals surface area contributed by atoms with Gasteiger partial charge in [0.1, 0.15) is 0 Å². The Morgan fingerprint density at radius 1 is 0.412 bits per heavy atom. The van der Waals surface area contributed by atoms with Crippen LogP contribution in [0.1, 0.15) is 5.56 Å². The highest BCUT2D eigenvalue weighted by Gasteiger charge is 2.15. The average Bonchev–Trinajstić information content (AvgIpc) is 2.90. The summed E-state index contributed by atoms with van der Waals surface area (Å²) >= 11 is 0. The minimum atomic E-state index is 1.13. The number of rotatable bonds is 0. The van der Waals surface area contributed by atoms with Crippen molar-refractivity contribution < 1.29 is 0 Å². The smallest absolute Gasteiger partial charge is 0.0334 e. The summed E-state index contributed by atoms with van der Waals surface area (Å²) in [4.78, 5) is 0. The number of benzene rings is 6. The van der Waals surface area contributed by atoms with Crippen LogP contribution in [0.25, 0.3) is 76.4 Å². The summed E-state index contributed by atoms with van der Waals surface area (Å²) < 4.78 is 0. The van der Waals surface area contributed by atoms with Crippen LogP contribution < -0.4 is 5.22 Å². The van der Waals surface area contributed by atoms with E-state index in [1.54, 1.807) is 0 Å². The Morgan fingerprint density at radius 2 is 1.00 bits per heavy atom. The molecule has 1 aliphatic rings. The summed E-state index contributed by atoms with van der Waals surface area (Å²) in [7, 11) is 0. The molecule has 0 radical (unpaired) electrons. The molecule has 0 aliphatic heterocycles. The normalized spacial score (nSPS) is 12.4. The minimum absolute atomic E-state index is 1.13. The van der Waals surface area contributed by atoms with E-state index in [2.05, 4.69) is 121 Å². The van der Waals surface area contributed by atoms with Gasteiger partial charge in [0.2, 0.25) is 0 Å². The Bertz CT molecular complexity index is 2180. The third-order valence-corrected chi connectivity index (χ3v) is 7.42. The molecule has 0 saturated heterocycles.